The molecule has 1 aliphatic rings. The maximum atomic E-state index is 12.6. The number of ether oxygens (including phenoxy) is 1. The molecule has 34 heavy (non-hydrogen) atoms. The van der Waals surface area contributed by atoms with E-state index in [9.17, 15) is 14.7 Å². The Bertz CT molecular complexity index is 1390. The highest BCUT2D eigenvalue weighted by atomic mass is 35.5. The van der Waals surface area contributed by atoms with Gasteiger partial charge in [-0.25, -0.2) is 14.6 Å². The number of carbonyl (C=O) groups is 2. The van der Waals surface area contributed by atoms with Gasteiger partial charge in [-0.3, -0.25) is 0 Å². The molecule has 0 aliphatic heterocycles. The molecule has 0 radical (unpaired) electrons. The summed E-state index contributed by atoms with van der Waals surface area (Å²) in [5, 5.41) is 13.7. The number of halogens is 1. The smallest absolute Gasteiger partial charge is 0.407 e. The number of nitrogens with zero attached hydrogens (tertiary/aromatic N) is 1. The van der Waals surface area contributed by atoms with E-state index < -0.39 is 18.1 Å². The standard InChI is InChI=1S/C27H21ClN2O4/c1-15(23-13-16-7-6-12-22(28)24(16)25(30-23)26(31)32)29-27(33)34-14-21-19-10-4-2-8-17(19)18-9-3-5-11-20(18)21/h2-13,15,21H,14H2,1H3,(H,29,33)(H,31,32). The van der Waals surface area contributed by atoms with Gasteiger partial charge in [0.1, 0.15) is 6.61 Å². The second-order valence-electron chi connectivity index (χ2n) is 8.23. The van der Waals surface area contributed by atoms with E-state index in [1.54, 1.807) is 31.2 Å². The molecule has 2 N–H and O–H groups in total. The molecule has 0 fully saturated rings. The summed E-state index contributed by atoms with van der Waals surface area (Å²) in [5.74, 6) is -1.23. The minimum Gasteiger partial charge on any atom is -0.476 e. The fourth-order valence-electron chi connectivity index (χ4n) is 4.55. The zero-order chi connectivity index (χ0) is 23.8. The topological polar surface area (TPSA) is 88.5 Å². The van der Waals surface area contributed by atoms with Gasteiger partial charge in [0, 0.05) is 11.3 Å². The third-order valence-electron chi connectivity index (χ3n) is 6.15. The molecule has 1 aliphatic carbocycles. The van der Waals surface area contributed by atoms with E-state index in [2.05, 4.69) is 34.6 Å². The Balaban J connectivity index is 1.33. The van der Waals surface area contributed by atoms with Crippen LogP contribution < -0.4 is 5.32 Å². The second kappa shape index (κ2) is 8.80. The lowest BCUT2D eigenvalue weighted by atomic mass is 9.98. The normalized spacial score (nSPS) is 13.2. The van der Waals surface area contributed by atoms with Crippen LogP contribution in [0, 0.1) is 0 Å². The van der Waals surface area contributed by atoms with Crippen molar-refractivity contribution in [2.75, 3.05) is 6.61 Å². The van der Waals surface area contributed by atoms with Gasteiger partial charge in [0.05, 0.1) is 16.8 Å². The molecular weight excluding hydrogens is 452 g/mol. The summed E-state index contributed by atoms with van der Waals surface area (Å²) in [4.78, 5) is 28.7. The van der Waals surface area contributed by atoms with Crippen LogP contribution in [0.4, 0.5) is 4.79 Å². The molecule has 3 aromatic carbocycles. The van der Waals surface area contributed by atoms with Crippen LogP contribution in [0.5, 0.6) is 0 Å². The van der Waals surface area contributed by atoms with E-state index in [0.29, 0.717) is 21.5 Å². The monoisotopic (exact) mass is 472 g/mol. The van der Waals surface area contributed by atoms with Gasteiger partial charge in [-0.1, -0.05) is 72.3 Å². The van der Waals surface area contributed by atoms with Crippen molar-refractivity contribution in [2.24, 2.45) is 0 Å². The quantitative estimate of drug-likeness (QED) is 0.361. The summed E-state index contributed by atoms with van der Waals surface area (Å²) in [6, 6.07) is 22.5. The van der Waals surface area contributed by atoms with Gasteiger partial charge in [-0.15, -0.1) is 0 Å². The summed E-state index contributed by atoms with van der Waals surface area (Å²) < 4.78 is 5.60. The number of hydrogen-bond acceptors (Lipinski definition) is 4. The zero-order valence-corrected chi connectivity index (χ0v) is 19.0. The van der Waals surface area contributed by atoms with Crippen molar-refractivity contribution in [1.82, 2.24) is 10.3 Å². The van der Waals surface area contributed by atoms with Gasteiger partial charge in [-0.05, 0) is 46.7 Å². The first-order chi connectivity index (χ1) is 16.4. The van der Waals surface area contributed by atoms with E-state index >= 15 is 0 Å². The number of carbonyl (C=O) groups excluding carboxylic acids is 1. The molecule has 0 bridgehead atoms. The highest BCUT2D eigenvalue weighted by molar-refractivity contribution is 6.36. The van der Waals surface area contributed by atoms with Gasteiger partial charge >= 0.3 is 12.1 Å². The minimum absolute atomic E-state index is 0.0481. The molecule has 4 aromatic rings. The molecular formula is C27H21ClN2O4. The number of carboxylic acid groups (broad SMARTS) is 1. The molecule has 1 atom stereocenters. The van der Waals surface area contributed by atoms with Crippen LogP contribution in [0.25, 0.3) is 21.9 Å². The average molecular weight is 473 g/mol. The number of aromatic carboxylic acids is 1. The van der Waals surface area contributed by atoms with Crippen molar-refractivity contribution in [3.8, 4) is 11.1 Å². The first-order valence-corrected chi connectivity index (χ1v) is 11.3. The number of amides is 1. The molecule has 0 saturated heterocycles. The molecule has 1 amide bonds. The van der Waals surface area contributed by atoms with E-state index in [1.807, 2.05) is 24.3 Å². The second-order valence-corrected chi connectivity index (χ2v) is 8.64. The summed E-state index contributed by atoms with van der Waals surface area (Å²) in [6.45, 7) is 1.92. The molecule has 0 spiro atoms. The van der Waals surface area contributed by atoms with E-state index in [-0.39, 0.29) is 18.2 Å². The molecule has 5 rings (SSSR count). The molecule has 0 saturated carbocycles. The summed E-state index contributed by atoms with van der Waals surface area (Å²) in [7, 11) is 0. The third-order valence-corrected chi connectivity index (χ3v) is 6.47. The van der Waals surface area contributed by atoms with Crippen LogP contribution in [0.1, 0.15) is 46.2 Å². The predicted molar refractivity (Wildman–Crippen MR) is 130 cm³/mol. The molecule has 170 valence electrons. The van der Waals surface area contributed by atoms with Crippen LogP contribution in [0.15, 0.2) is 72.8 Å². The van der Waals surface area contributed by atoms with Crippen molar-refractivity contribution in [1.29, 1.82) is 0 Å². The van der Waals surface area contributed by atoms with Crippen LogP contribution in [-0.2, 0) is 4.74 Å². The fraction of sp³-hybridized carbons (Fsp3) is 0.148. The number of alkyl carbamates (subject to hydrolysis) is 1. The Morgan fingerprint density at radius 3 is 2.32 bits per heavy atom. The molecule has 6 nitrogen and oxygen atoms in total. The lowest BCUT2D eigenvalue weighted by Crippen LogP contribution is -2.29. The Morgan fingerprint density at radius 1 is 1.03 bits per heavy atom. The summed E-state index contributed by atoms with van der Waals surface area (Å²) in [5.41, 5.74) is 4.81. The molecule has 1 aromatic heterocycles. The maximum Gasteiger partial charge on any atom is 0.407 e. The van der Waals surface area contributed by atoms with Gasteiger partial charge < -0.3 is 15.2 Å². The van der Waals surface area contributed by atoms with E-state index in [4.69, 9.17) is 16.3 Å². The SMILES string of the molecule is CC(NC(=O)OCC1c2ccccc2-c2ccccc21)c1cc2cccc(Cl)c2c(C(=O)O)n1. The van der Waals surface area contributed by atoms with Crippen LogP contribution >= 0.6 is 11.6 Å². The lowest BCUT2D eigenvalue weighted by molar-refractivity contribution is 0.0692. The van der Waals surface area contributed by atoms with Crippen molar-refractivity contribution in [3.05, 3.63) is 100 Å². The van der Waals surface area contributed by atoms with Crippen molar-refractivity contribution in [2.45, 2.75) is 18.9 Å². The van der Waals surface area contributed by atoms with Crippen molar-refractivity contribution >= 4 is 34.4 Å². The van der Waals surface area contributed by atoms with Crippen LogP contribution in [0.2, 0.25) is 5.02 Å². The number of rotatable bonds is 5. The van der Waals surface area contributed by atoms with Crippen molar-refractivity contribution < 1.29 is 19.4 Å². The average Bonchev–Trinajstić information content (AvgIpc) is 3.16. The van der Waals surface area contributed by atoms with Gasteiger partial charge in [0.15, 0.2) is 5.69 Å². The Labute approximate surface area is 201 Å². The van der Waals surface area contributed by atoms with Crippen LogP contribution in [0.3, 0.4) is 0 Å². The molecule has 1 heterocycles. The summed E-state index contributed by atoms with van der Waals surface area (Å²) in [6.07, 6.45) is -0.598. The largest absolute Gasteiger partial charge is 0.476 e. The number of benzene rings is 3. The zero-order valence-electron chi connectivity index (χ0n) is 18.3. The van der Waals surface area contributed by atoms with Crippen molar-refractivity contribution in [3.63, 3.8) is 0 Å². The van der Waals surface area contributed by atoms with Gasteiger partial charge in [-0.2, -0.15) is 0 Å². The van der Waals surface area contributed by atoms with Crippen LogP contribution in [-0.4, -0.2) is 28.8 Å². The number of carboxylic acids is 1. The molecule has 1 unspecified atom stereocenters. The number of nitrogens with one attached hydrogen (secondary N) is 1. The summed E-state index contributed by atoms with van der Waals surface area (Å²) >= 11 is 6.20. The highest BCUT2D eigenvalue weighted by Crippen LogP contribution is 2.44. The van der Waals surface area contributed by atoms with Gasteiger partial charge in [0.25, 0.3) is 0 Å². The fourth-order valence-corrected chi connectivity index (χ4v) is 4.83. The van der Waals surface area contributed by atoms with Gasteiger partial charge in [0.2, 0.25) is 0 Å². The Hall–Kier alpha value is -3.90. The number of hydrogen-bond donors (Lipinski definition) is 2. The minimum atomic E-state index is -1.19. The first kappa shape index (κ1) is 21.9. The number of aromatic nitrogens is 1. The first-order valence-electron chi connectivity index (χ1n) is 10.9. The Kier molecular flexibility index (Phi) is 5.67. The lowest BCUT2D eigenvalue weighted by Gasteiger charge is -2.18. The number of pyridine rings is 1. The third kappa shape index (κ3) is 3.86. The highest BCUT2D eigenvalue weighted by Gasteiger charge is 2.29. The Morgan fingerprint density at radius 2 is 1.68 bits per heavy atom. The molecule has 7 heteroatoms. The predicted octanol–water partition coefficient (Wildman–Crippen LogP) is 6.19. The maximum absolute atomic E-state index is 12.6. The number of fused-ring (bicyclic) bond motifs is 4. The van der Waals surface area contributed by atoms with E-state index in [0.717, 1.165) is 22.3 Å². The van der Waals surface area contributed by atoms with E-state index in [1.165, 1.54) is 0 Å².